The van der Waals surface area contributed by atoms with Gasteiger partial charge in [0.1, 0.15) is 17.1 Å². The van der Waals surface area contributed by atoms with Gasteiger partial charge in [-0.05, 0) is 43.1 Å². The van der Waals surface area contributed by atoms with E-state index in [1.165, 1.54) is 0 Å². The van der Waals surface area contributed by atoms with Crippen molar-refractivity contribution in [3.63, 3.8) is 0 Å². The monoisotopic (exact) mass is 205 g/mol. The van der Waals surface area contributed by atoms with Crippen molar-refractivity contribution in [3.8, 4) is 11.5 Å². The van der Waals surface area contributed by atoms with Crippen LogP contribution in [0.4, 0.5) is 0 Å². The average Bonchev–Trinajstić information content (AvgIpc) is 2.67. The molecule has 1 atom stereocenters. The number of hydrogen-bond donors (Lipinski definition) is 2. The fourth-order valence-electron chi connectivity index (χ4n) is 2.53. The standard InChI is InChI=1S/C12H15NO2/c14-10-1-2-11-9(7-10)3-4-12(15-11)5-6-13-8-12/h1-2,7,13-14H,3-6,8H2/t12-/m0/s1. The molecule has 2 aliphatic heterocycles. The van der Waals surface area contributed by atoms with Gasteiger partial charge in [0, 0.05) is 13.0 Å². The molecule has 80 valence electrons. The highest BCUT2D eigenvalue weighted by molar-refractivity contribution is 5.41. The quantitative estimate of drug-likeness (QED) is 0.673. The van der Waals surface area contributed by atoms with E-state index in [2.05, 4.69) is 5.32 Å². The van der Waals surface area contributed by atoms with Gasteiger partial charge < -0.3 is 15.2 Å². The van der Waals surface area contributed by atoms with Gasteiger partial charge in [0.05, 0.1) is 0 Å². The van der Waals surface area contributed by atoms with Crippen molar-refractivity contribution in [2.75, 3.05) is 13.1 Å². The Bertz CT molecular complexity index is 383. The van der Waals surface area contributed by atoms with E-state index in [0.717, 1.165) is 43.7 Å². The molecule has 2 aliphatic rings. The van der Waals surface area contributed by atoms with Crippen molar-refractivity contribution in [2.45, 2.75) is 24.9 Å². The molecule has 3 nitrogen and oxygen atoms in total. The van der Waals surface area contributed by atoms with Crippen LogP contribution in [0.25, 0.3) is 0 Å². The maximum Gasteiger partial charge on any atom is 0.123 e. The van der Waals surface area contributed by atoms with Gasteiger partial charge in [-0.25, -0.2) is 0 Å². The van der Waals surface area contributed by atoms with Gasteiger partial charge in [0.2, 0.25) is 0 Å². The number of phenols is 1. The molecule has 0 aromatic heterocycles. The van der Waals surface area contributed by atoms with Crippen molar-refractivity contribution in [2.24, 2.45) is 0 Å². The number of ether oxygens (including phenoxy) is 1. The number of fused-ring (bicyclic) bond motifs is 1. The molecule has 0 bridgehead atoms. The summed E-state index contributed by atoms with van der Waals surface area (Å²) in [6, 6.07) is 5.38. The molecule has 1 saturated heterocycles. The molecule has 1 aromatic rings. The van der Waals surface area contributed by atoms with E-state index >= 15 is 0 Å². The minimum absolute atomic E-state index is 0.0178. The minimum Gasteiger partial charge on any atom is -0.508 e. The Morgan fingerprint density at radius 1 is 1.33 bits per heavy atom. The average molecular weight is 205 g/mol. The summed E-state index contributed by atoms with van der Waals surface area (Å²) >= 11 is 0. The summed E-state index contributed by atoms with van der Waals surface area (Å²) in [5, 5.41) is 12.7. The van der Waals surface area contributed by atoms with Crippen LogP contribution in [0.1, 0.15) is 18.4 Å². The van der Waals surface area contributed by atoms with Crippen LogP contribution in [-0.2, 0) is 6.42 Å². The number of aryl methyl sites for hydroxylation is 1. The van der Waals surface area contributed by atoms with E-state index in [-0.39, 0.29) is 5.60 Å². The number of hydrogen-bond acceptors (Lipinski definition) is 3. The first-order valence-corrected chi connectivity index (χ1v) is 5.49. The fraction of sp³-hybridized carbons (Fsp3) is 0.500. The summed E-state index contributed by atoms with van der Waals surface area (Å²) in [5.41, 5.74) is 1.15. The Hall–Kier alpha value is -1.22. The zero-order chi connectivity index (χ0) is 10.3. The Balaban J connectivity index is 1.93. The molecule has 1 aromatic carbocycles. The lowest BCUT2D eigenvalue weighted by Crippen LogP contribution is -2.41. The van der Waals surface area contributed by atoms with Gasteiger partial charge in [0.15, 0.2) is 0 Å². The normalized spacial score (nSPS) is 28.8. The third-order valence-electron chi connectivity index (χ3n) is 3.43. The van der Waals surface area contributed by atoms with Gasteiger partial charge >= 0.3 is 0 Å². The van der Waals surface area contributed by atoms with Crippen LogP contribution in [0, 0.1) is 0 Å². The molecule has 3 heteroatoms. The molecule has 15 heavy (non-hydrogen) atoms. The second-order valence-electron chi connectivity index (χ2n) is 4.50. The first-order chi connectivity index (χ1) is 7.27. The molecule has 2 heterocycles. The summed E-state index contributed by atoms with van der Waals surface area (Å²) in [7, 11) is 0. The zero-order valence-electron chi connectivity index (χ0n) is 8.62. The van der Waals surface area contributed by atoms with Crippen molar-refractivity contribution in [1.29, 1.82) is 0 Å². The molecule has 0 amide bonds. The predicted molar refractivity (Wildman–Crippen MR) is 57.3 cm³/mol. The SMILES string of the molecule is Oc1ccc2c(c1)CC[C@@]1(CCNC1)O2. The Morgan fingerprint density at radius 2 is 2.27 bits per heavy atom. The molecule has 0 radical (unpaired) electrons. The molecule has 0 saturated carbocycles. The highest BCUT2D eigenvalue weighted by Gasteiger charge is 2.38. The largest absolute Gasteiger partial charge is 0.508 e. The fourth-order valence-corrected chi connectivity index (χ4v) is 2.53. The number of nitrogens with one attached hydrogen (secondary N) is 1. The van der Waals surface area contributed by atoms with E-state index in [4.69, 9.17) is 4.74 Å². The molecule has 0 aliphatic carbocycles. The Labute approximate surface area is 89.1 Å². The van der Waals surface area contributed by atoms with E-state index in [1.54, 1.807) is 6.07 Å². The van der Waals surface area contributed by atoms with Gasteiger partial charge in [-0.15, -0.1) is 0 Å². The lowest BCUT2D eigenvalue weighted by atomic mass is 9.90. The van der Waals surface area contributed by atoms with Gasteiger partial charge in [0.25, 0.3) is 0 Å². The van der Waals surface area contributed by atoms with Crippen molar-refractivity contribution >= 4 is 0 Å². The first kappa shape index (κ1) is 9.04. The van der Waals surface area contributed by atoms with Gasteiger partial charge in [-0.2, -0.15) is 0 Å². The molecule has 1 spiro atoms. The molecular weight excluding hydrogens is 190 g/mol. The molecule has 1 fully saturated rings. The smallest absolute Gasteiger partial charge is 0.123 e. The molecule has 0 unspecified atom stereocenters. The lowest BCUT2D eigenvalue weighted by Gasteiger charge is -2.35. The van der Waals surface area contributed by atoms with E-state index in [1.807, 2.05) is 12.1 Å². The van der Waals surface area contributed by atoms with Crippen LogP contribution in [-0.4, -0.2) is 23.8 Å². The predicted octanol–water partition coefficient (Wildman–Crippen LogP) is 1.45. The van der Waals surface area contributed by atoms with Crippen LogP contribution in [0.3, 0.4) is 0 Å². The van der Waals surface area contributed by atoms with Crippen LogP contribution >= 0.6 is 0 Å². The number of benzene rings is 1. The van der Waals surface area contributed by atoms with Crippen LogP contribution in [0.5, 0.6) is 11.5 Å². The molecule has 3 rings (SSSR count). The molecule has 2 N–H and O–H groups in total. The van der Waals surface area contributed by atoms with Crippen molar-refractivity contribution < 1.29 is 9.84 Å². The second kappa shape index (κ2) is 3.14. The van der Waals surface area contributed by atoms with E-state index < -0.39 is 0 Å². The zero-order valence-corrected chi connectivity index (χ0v) is 8.62. The minimum atomic E-state index is 0.0178. The maximum atomic E-state index is 9.38. The number of phenolic OH excluding ortho intramolecular Hbond substituents is 1. The summed E-state index contributed by atoms with van der Waals surface area (Å²) in [4.78, 5) is 0. The summed E-state index contributed by atoms with van der Waals surface area (Å²) in [6.07, 6.45) is 3.15. The highest BCUT2D eigenvalue weighted by Crippen LogP contribution is 2.37. The van der Waals surface area contributed by atoms with Crippen LogP contribution < -0.4 is 10.1 Å². The van der Waals surface area contributed by atoms with Gasteiger partial charge in [-0.1, -0.05) is 0 Å². The number of rotatable bonds is 0. The van der Waals surface area contributed by atoms with E-state index in [0.29, 0.717) is 5.75 Å². The topological polar surface area (TPSA) is 41.5 Å². The molecular formula is C12H15NO2. The van der Waals surface area contributed by atoms with Crippen LogP contribution in [0.2, 0.25) is 0 Å². The third kappa shape index (κ3) is 1.47. The Morgan fingerprint density at radius 3 is 3.07 bits per heavy atom. The summed E-state index contributed by atoms with van der Waals surface area (Å²) in [6.45, 7) is 2.00. The van der Waals surface area contributed by atoms with Gasteiger partial charge in [-0.3, -0.25) is 0 Å². The van der Waals surface area contributed by atoms with Crippen molar-refractivity contribution in [1.82, 2.24) is 5.32 Å². The van der Waals surface area contributed by atoms with Crippen LogP contribution in [0.15, 0.2) is 18.2 Å². The second-order valence-corrected chi connectivity index (χ2v) is 4.50. The third-order valence-corrected chi connectivity index (χ3v) is 3.43. The van der Waals surface area contributed by atoms with Crippen molar-refractivity contribution in [3.05, 3.63) is 23.8 Å². The Kier molecular flexibility index (Phi) is 1.89. The summed E-state index contributed by atoms with van der Waals surface area (Å²) < 4.78 is 6.06. The summed E-state index contributed by atoms with van der Waals surface area (Å²) in [5.74, 6) is 1.28. The van der Waals surface area contributed by atoms with E-state index in [9.17, 15) is 5.11 Å². The first-order valence-electron chi connectivity index (χ1n) is 5.49. The lowest BCUT2D eigenvalue weighted by molar-refractivity contribution is 0.0663. The maximum absolute atomic E-state index is 9.38. The highest BCUT2D eigenvalue weighted by atomic mass is 16.5. The number of aromatic hydroxyl groups is 1.